The molecule has 0 bridgehead atoms. The van der Waals surface area contributed by atoms with Gasteiger partial charge in [-0.2, -0.15) is 0 Å². The number of rotatable bonds is 8. The van der Waals surface area contributed by atoms with Crippen molar-refractivity contribution in [1.29, 1.82) is 0 Å². The molecule has 7 heteroatoms. The molecule has 0 fully saturated rings. The van der Waals surface area contributed by atoms with Crippen molar-refractivity contribution in [2.24, 2.45) is 11.3 Å². The Morgan fingerprint density at radius 2 is 1.78 bits per heavy atom. The number of carbonyl (C=O) groups is 1. The number of carboxylic acid groups (broad SMARTS) is 1. The van der Waals surface area contributed by atoms with E-state index in [9.17, 15) is 14.7 Å². The second-order valence-corrected chi connectivity index (χ2v) is 11.7. The Bertz CT molecular complexity index is 1430. The SMILES string of the molecule is CC(C)Cn1c(C(NC(=O)O)C(C)(C)C)c(-c2cccs2)c2cc(OCc3ccccc3)ccc2c1=O. The lowest BCUT2D eigenvalue weighted by molar-refractivity contribution is 0.172. The van der Waals surface area contributed by atoms with Gasteiger partial charge in [0.1, 0.15) is 12.4 Å². The lowest BCUT2D eigenvalue weighted by atomic mass is 9.81. The van der Waals surface area contributed by atoms with Gasteiger partial charge in [0, 0.05) is 27.8 Å². The third-order valence-corrected chi connectivity index (χ3v) is 7.14. The van der Waals surface area contributed by atoms with Gasteiger partial charge in [-0.25, -0.2) is 4.79 Å². The maximum absolute atomic E-state index is 14.0. The zero-order chi connectivity index (χ0) is 26.7. The zero-order valence-electron chi connectivity index (χ0n) is 21.9. The summed E-state index contributed by atoms with van der Waals surface area (Å²) in [5.74, 6) is 0.837. The van der Waals surface area contributed by atoms with Crippen LogP contribution in [0.4, 0.5) is 4.79 Å². The molecule has 0 aliphatic heterocycles. The number of thiophene rings is 1. The quantitative estimate of drug-likeness (QED) is 0.256. The van der Waals surface area contributed by atoms with Gasteiger partial charge in [0.05, 0.1) is 11.7 Å². The molecule has 2 aromatic carbocycles. The highest BCUT2D eigenvalue weighted by molar-refractivity contribution is 7.13. The highest BCUT2D eigenvalue weighted by Gasteiger charge is 2.34. The van der Waals surface area contributed by atoms with Gasteiger partial charge in [-0.15, -0.1) is 11.3 Å². The number of hydrogen-bond donors (Lipinski definition) is 2. The van der Waals surface area contributed by atoms with Crippen molar-refractivity contribution in [1.82, 2.24) is 9.88 Å². The molecule has 1 amide bonds. The van der Waals surface area contributed by atoms with Gasteiger partial charge in [0.25, 0.3) is 5.56 Å². The number of nitrogens with one attached hydrogen (secondary N) is 1. The Labute approximate surface area is 221 Å². The van der Waals surface area contributed by atoms with Crippen LogP contribution in [0.15, 0.2) is 70.8 Å². The van der Waals surface area contributed by atoms with E-state index in [1.165, 1.54) is 0 Å². The van der Waals surface area contributed by atoms with Crippen molar-refractivity contribution >= 4 is 28.2 Å². The average Bonchev–Trinajstić information content (AvgIpc) is 3.37. The molecule has 2 aromatic heterocycles. The van der Waals surface area contributed by atoms with Gasteiger partial charge < -0.3 is 19.7 Å². The summed E-state index contributed by atoms with van der Waals surface area (Å²) in [6, 6.07) is 18.9. The van der Waals surface area contributed by atoms with Crippen LogP contribution in [0.3, 0.4) is 0 Å². The minimum absolute atomic E-state index is 0.130. The summed E-state index contributed by atoms with van der Waals surface area (Å²) in [4.78, 5) is 26.9. The standard InChI is InChI=1S/C30H34N2O4S/c1-19(2)17-32-26(27(30(3,4)5)31-29(34)35)25(24-12-9-15-37-24)23-16-21(13-14-22(23)28(32)33)36-18-20-10-7-6-8-11-20/h6-16,19,27,31H,17-18H2,1-5H3,(H,34,35). The van der Waals surface area contributed by atoms with E-state index >= 15 is 0 Å². The first-order valence-corrected chi connectivity index (χ1v) is 13.3. The molecular formula is C30H34N2O4S. The van der Waals surface area contributed by atoms with E-state index in [0.717, 1.165) is 21.4 Å². The van der Waals surface area contributed by atoms with Crippen LogP contribution in [0.5, 0.6) is 5.75 Å². The Kier molecular flexibility index (Phi) is 7.73. The average molecular weight is 519 g/mol. The van der Waals surface area contributed by atoms with Crippen molar-refractivity contribution < 1.29 is 14.6 Å². The van der Waals surface area contributed by atoms with Crippen LogP contribution < -0.4 is 15.6 Å². The van der Waals surface area contributed by atoms with Crippen molar-refractivity contribution in [3.05, 3.63) is 87.7 Å². The Balaban J connectivity index is 2.02. The molecule has 0 saturated carbocycles. The summed E-state index contributed by atoms with van der Waals surface area (Å²) >= 11 is 1.57. The molecule has 2 heterocycles. The Hall–Kier alpha value is -3.58. The molecule has 37 heavy (non-hydrogen) atoms. The molecule has 0 aliphatic carbocycles. The van der Waals surface area contributed by atoms with Crippen molar-refractivity contribution in [2.45, 2.75) is 53.8 Å². The summed E-state index contributed by atoms with van der Waals surface area (Å²) < 4.78 is 7.90. The molecular weight excluding hydrogens is 484 g/mol. The van der Waals surface area contributed by atoms with E-state index in [1.54, 1.807) is 15.9 Å². The molecule has 0 spiro atoms. The van der Waals surface area contributed by atoms with Crippen LogP contribution in [0.2, 0.25) is 0 Å². The molecule has 2 N–H and O–H groups in total. The monoisotopic (exact) mass is 518 g/mol. The minimum atomic E-state index is -1.12. The summed E-state index contributed by atoms with van der Waals surface area (Å²) in [6.45, 7) is 11.0. The summed E-state index contributed by atoms with van der Waals surface area (Å²) in [5.41, 5.74) is 1.97. The van der Waals surface area contributed by atoms with Crippen molar-refractivity contribution in [2.75, 3.05) is 0 Å². The largest absolute Gasteiger partial charge is 0.489 e. The predicted octanol–water partition coefficient (Wildman–Crippen LogP) is 7.32. The van der Waals surface area contributed by atoms with Gasteiger partial charge in [-0.3, -0.25) is 4.79 Å². The van der Waals surface area contributed by atoms with Crippen molar-refractivity contribution in [3.63, 3.8) is 0 Å². The molecule has 1 atom stereocenters. The van der Waals surface area contributed by atoms with Gasteiger partial charge in [-0.05, 0) is 46.5 Å². The second kappa shape index (κ2) is 10.8. The summed E-state index contributed by atoms with van der Waals surface area (Å²) in [5, 5.41) is 15.9. The van der Waals surface area contributed by atoms with Gasteiger partial charge in [-0.1, -0.05) is 71.0 Å². The first-order valence-electron chi connectivity index (χ1n) is 12.5. The number of nitrogens with zero attached hydrogens (tertiary/aromatic N) is 1. The molecule has 6 nitrogen and oxygen atoms in total. The summed E-state index contributed by atoms with van der Waals surface area (Å²) in [6.07, 6.45) is -1.12. The third kappa shape index (κ3) is 5.88. The second-order valence-electron chi connectivity index (χ2n) is 10.8. The first kappa shape index (κ1) is 26.5. The molecule has 4 rings (SSSR count). The Morgan fingerprint density at radius 1 is 1.05 bits per heavy atom. The predicted molar refractivity (Wildman–Crippen MR) is 150 cm³/mol. The molecule has 0 radical (unpaired) electrons. The number of amides is 1. The minimum Gasteiger partial charge on any atom is -0.489 e. The normalized spacial score (nSPS) is 12.6. The van der Waals surface area contributed by atoms with E-state index in [1.807, 2.05) is 86.8 Å². The number of aromatic nitrogens is 1. The van der Waals surface area contributed by atoms with Crippen LogP contribution >= 0.6 is 11.3 Å². The fourth-order valence-corrected chi connectivity index (χ4v) is 5.41. The van der Waals surface area contributed by atoms with E-state index in [2.05, 4.69) is 19.2 Å². The van der Waals surface area contributed by atoms with E-state index in [0.29, 0.717) is 30.0 Å². The van der Waals surface area contributed by atoms with Crippen LogP contribution in [0.25, 0.3) is 21.2 Å². The van der Waals surface area contributed by atoms with Gasteiger partial charge in [0.2, 0.25) is 0 Å². The van der Waals surface area contributed by atoms with E-state index in [-0.39, 0.29) is 11.5 Å². The zero-order valence-corrected chi connectivity index (χ0v) is 22.8. The van der Waals surface area contributed by atoms with Crippen LogP contribution in [-0.4, -0.2) is 15.8 Å². The fraction of sp³-hybridized carbons (Fsp3) is 0.333. The number of ether oxygens (including phenoxy) is 1. The van der Waals surface area contributed by atoms with Crippen LogP contribution in [0, 0.1) is 11.3 Å². The first-order chi connectivity index (χ1) is 17.6. The summed E-state index contributed by atoms with van der Waals surface area (Å²) in [7, 11) is 0. The fourth-order valence-electron chi connectivity index (χ4n) is 4.62. The lowest BCUT2D eigenvalue weighted by Gasteiger charge is -2.35. The van der Waals surface area contributed by atoms with Gasteiger partial charge in [0.15, 0.2) is 0 Å². The molecule has 1 unspecified atom stereocenters. The van der Waals surface area contributed by atoms with Crippen LogP contribution in [-0.2, 0) is 13.2 Å². The number of pyridine rings is 1. The molecule has 0 aliphatic rings. The van der Waals surface area contributed by atoms with Crippen molar-refractivity contribution in [3.8, 4) is 16.2 Å². The van der Waals surface area contributed by atoms with Gasteiger partial charge >= 0.3 is 6.09 Å². The van der Waals surface area contributed by atoms with Crippen LogP contribution in [0.1, 0.15) is 51.9 Å². The highest BCUT2D eigenvalue weighted by Crippen LogP contribution is 2.43. The number of hydrogen-bond acceptors (Lipinski definition) is 4. The van der Waals surface area contributed by atoms with E-state index < -0.39 is 17.6 Å². The number of fused-ring (bicyclic) bond motifs is 1. The molecule has 4 aromatic rings. The maximum atomic E-state index is 14.0. The highest BCUT2D eigenvalue weighted by atomic mass is 32.1. The smallest absolute Gasteiger partial charge is 0.405 e. The third-order valence-electron chi connectivity index (χ3n) is 6.25. The molecule has 0 saturated heterocycles. The Morgan fingerprint density at radius 3 is 2.38 bits per heavy atom. The molecule has 194 valence electrons. The van der Waals surface area contributed by atoms with E-state index in [4.69, 9.17) is 4.74 Å². The maximum Gasteiger partial charge on any atom is 0.405 e. The lowest BCUT2D eigenvalue weighted by Crippen LogP contribution is -2.40. The topological polar surface area (TPSA) is 80.6 Å². The number of benzene rings is 2.